The fraction of sp³-hybridized carbons (Fsp3) is 0.316. The minimum Gasteiger partial charge on any atom is -0.497 e. The molecule has 0 aliphatic carbocycles. The van der Waals surface area contributed by atoms with Crippen molar-refractivity contribution >= 4 is 21.6 Å². The van der Waals surface area contributed by atoms with Crippen molar-refractivity contribution in [3.8, 4) is 5.75 Å². The summed E-state index contributed by atoms with van der Waals surface area (Å²) in [6.45, 7) is 3.93. The summed E-state index contributed by atoms with van der Waals surface area (Å²) in [7, 11) is -0.693. The number of methoxy groups -OCH3 is 1. The Morgan fingerprint density at radius 1 is 1.12 bits per heavy atom. The van der Waals surface area contributed by atoms with Gasteiger partial charge in [0.2, 0.25) is 0 Å². The number of carbonyl (C=O) groups is 1. The van der Waals surface area contributed by atoms with Gasteiger partial charge in [0.25, 0.3) is 15.9 Å². The van der Waals surface area contributed by atoms with Gasteiger partial charge in [-0.2, -0.15) is 0 Å². The Balaban J connectivity index is 2.20. The largest absolute Gasteiger partial charge is 0.497 e. The summed E-state index contributed by atoms with van der Waals surface area (Å²) in [5.41, 5.74) is 0.963. The Kier molecular flexibility index (Phi) is 6.26. The molecule has 0 saturated heterocycles. The van der Waals surface area contributed by atoms with E-state index in [9.17, 15) is 13.2 Å². The van der Waals surface area contributed by atoms with Crippen molar-refractivity contribution < 1.29 is 17.9 Å². The lowest BCUT2D eigenvalue weighted by Gasteiger charge is -2.20. The van der Waals surface area contributed by atoms with Crippen LogP contribution in [-0.2, 0) is 10.0 Å². The molecule has 0 unspecified atom stereocenters. The second kappa shape index (κ2) is 8.23. The fourth-order valence-electron chi connectivity index (χ4n) is 2.28. The third-order valence-electron chi connectivity index (χ3n) is 4.20. The molecule has 0 aromatic heterocycles. The number of anilines is 1. The smallest absolute Gasteiger partial charge is 0.264 e. The molecular formula is C19H24N2O4S. The number of hydrogen-bond acceptors (Lipinski definition) is 4. The molecule has 2 aromatic rings. The summed E-state index contributed by atoms with van der Waals surface area (Å²) in [6.07, 6.45) is 0.840. The van der Waals surface area contributed by atoms with Crippen LogP contribution < -0.4 is 14.4 Å². The molecule has 0 bridgehead atoms. The maximum absolute atomic E-state index is 12.7. The van der Waals surface area contributed by atoms with Gasteiger partial charge in [0, 0.05) is 18.7 Å². The summed E-state index contributed by atoms with van der Waals surface area (Å²) >= 11 is 0. The zero-order valence-corrected chi connectivity index (χ0v) is 16.2. The van der Waals surface area contributed by atoms with E-state index in [4.69, 9.17) is 4.74 Å². The summed E-state index contributed by atoms with van der Waals surface area (Å²) in [5.74, 6) is 0.412. The maximum Gasteiger partial charge on any atom is 0.264 e. The Hall–Kier alpha value is -2.54. The molecule has 1 N–H and O–H groups in total. The van der Waals surface area contributed by atoms with Gasteiger partial charge < -0.3 is 10.1 Å². The SMILES string of the molecule is CC[C@H](C)NC(=O)c1ccc(N(C)S(=O)(=O)c2ccc(OC)cc2)cc1. The van der Waals surface area contributed by atoms with Crippen LogP contribution in [0.3, 0.4) is 0 Å². The molecule has 0 saturated carbocycles. The van der Waals surface area contributed by atoms with Gasteiger partial charge in [-0.3, -0.25) is 9.10 Å². The molecule has 7 heteroatoms. The first-order valence-electron chi connectivity index (χ1n) is 8.33. The molecule has 0 fully saturated rings. The maximum atomic E-state index is 12.7. The van der Waals surface area contributed by atoms with Gasteiger partial charge in [-0.15, -0.1) is 0 Å². The monoisotopic (exact) mass is 376 g/mol. The Morgan fingerprint density at radius 3 is 2.19 bits per heavy atom. The van der Waals surface area contributed by atoms with Crippen molar-refractivity contribution in [3.05, 3.63) is 54.1 Å². The number of nitrogens with one attached hydrogen (secondary N) is 1. The number of carbonyl (C=O) groups excluding carboxylic acids is 1. The van der Waals surface area contributed by atoms with E-state index in [0.29, 0.717) is 17.0 Å². The Morgan fingerprint density at radius 2 is 1.69 bits per heavy atom. The van der Waals surface area contributed by atoms with E-state index in [0.717, 1.165) is 6.42 Å². The highest BCUT2D eigenvalue weighted by atomic mass is 32.2. The van der Waals surface area contributed by atoms with E-state index in [2.05, 4.69) is 5.32 Å². The number of sulfonamides is 1. The molecule has 0 spiro atoms. The van der Waals surface area contributed by atoms with Crippen molar-refractivity contribution in [1.29, 1.82) is 0 Å². The minimum atomic E-state index is -3.70. The van der Waals surface area contributed by atoms with Crippen LogP contribution in [0.4, 0.5) is 5.69 Å². The topological polar surface area (TPSA) is 75.7 Å². The van der Waals surface area contributed by atoms with E-state index in [-0.39, 0.29) is 16.8 Å². The average molecular weight is 376 g/mol. The van der Waals surface area contributed by atoms with Crippen molar-refractivity contribution in [1.82, 2.24) is 5.32 Å². The fourth-order valence-corrected chi connectivity index (χ4v) is 3.47. The van der Waals surface area contributed by atoms with Crippen LogP contribution in [0.1, 0.15) is 30.6 Å². The van der Waals surface area contributed by atoms with Gasteiger partial charge >= 0.3 is 0 Å². The van der Waals surface area contributed by atoms with E-state index < -0.39 is 10.0 Å². The number of benzene rings is 2. The van der Waals surface area contributed by atoms with Crippen LogP contribution in [-0.4, -0.2) is 34.5 Å². The minimum absolute atomic E-state index is 0.0836. The Labute approximate surface area is 154 Å². The number of ether oxygens (including phenoxy) is 1. The molecule has 0 aliphatic rings. The lowest BCUT2D eigenvalue weighted by molar-refractivity contribution is 0.0939. The molecular weight excluding hydrogens is 352 g/mol. The molecule has 2 rings (SSSR count). The molecule has 140 valence electrons. The number of nitrogens with zero attached hydrogens (tertiary/aromatic N) is 1. The van der Waals surface area contributed by atoms with E-state index >= 15 is 0 Å². The van der Waals surface area contributed by atoms with Gasteiger partial charge in [0.1, 0.15) is 5.75 Å². The first kappa shape index (κ1) is 19.8. The molecule has 0 heterocycles. The third-order valence-corrected chi connectivity index (χ3v) is 6.00. The van der Waals surface area contributed by atoms with Crippen molar-refractivity contribution in [2.24, 2.45) is 0 Å². The van der Waals surface area contributed by atoms with Gasteiger partial charge in [-0.1, -0.05) is 6.92 Å². The highest BCUT2D eigenvalue weighted by molar-refractivity contribution is 7.92. The normalized spacial score (nSPS) is 12.3. The zero-order chi connectivity index (χ0) is 19.3. The van der Waals surface area contributed by atoms with E-state index in [1.165, 1.54) is 30.6 Å². The number of amides is 1. The second-order valence-corrected chi connectivity index (χ2v) is 7.95. The zero-order valence-electron chi connectivity index (χ0n) is 15.4. The van der Waals surface area contributed by atoms with Crippen LogP contribution in [0.2, 0.25) is 0 Å². The summed E-state index contributed by atoms with van der Waals surface area (Å²) < 4.78 is 31.7. The predicted molar refractivity (Wildman–Crippen MR) is 102 cm³/mol. The molecule has 1 atom stereocenters. The van der Waals surface area contributed by atoms with Gasteiger partial charge in [-0.05, 0) is 61.9 Å². The lowest BCUT2D eigenvalue weighted by atomic mass is 10.1. The van der Waals surface area contributed by atoms with Crippen LogP contribution in [0, 0.1) is 0 Å². The van der Waals surface area contributed by atoms with Gasteiger partial charge in [0.05, 0.1) is 17.7 Å². The van der Waals surface area contributed by atoms with Crippen molar-refractivity contribution in [2.75, 3.05) is 18.5 Å². The van der Waals surface area contributed by atoms with E-state index in [1.54, 1.807) is 36.4 Å². The highest BCUT2D eigenvalue weighted by Gasteiger charge is 2.21. The predicted octanol–water partition coefficient (Wildman–Crippen LogP) is 3.05. The molecule has 0 aliphatic heterocycles. The summed E-state index contributed by atoms with van der Waals surface area (Å²) in [6, 6.07) is 12.8. The first-order valence-corrected chi connectivity index (χ1v) is 9.77. The molecule has 0 radical (unpaired) electrons. The van der Waals surface area contributed by atoms with Crippen molar-refractivity contribution in [3.63, 3.8) is 0 Å². The molecule has 26 heavy (non-hydrogen) atoms. The van der Waals surface area contributed by atoms with E-state index in [1.807, 2.05) is 13.8 Å². The van der Waals surface area contributed by atoms with Crippen molar-refractivity contribution in [2.45, 2.75) is 31.2 Å². The van der Waals surface area contributed by atoms with Gasteiger partial charge in [-0.25, -0.2) is 8.42 Å². The van der Waals surface area contributed by atoms with Crippen LogP contribution >= 0.6 is 0 Å². The molecule has 2 aromatic carbocycles. The number of rotatable bonds is 7. The average Bonchev–Trinajstić information content (AvgIpc) is 2.67. The molecule has 6 nitrogen and oxygen atoms in total. The van der Waals surface area contributed by atoms with Gasteiger partial charge in [0.15, 0.2) is 0 Å². The third kappa shape index (κ3) is 4.35. The summed E-state index contributed by atoms with van der Waals surface area (Å²) in [5, 5.41) is 2.88. The number of hydrogen-bond donors (Lipinski definition) is 1. The Bertz CT molecular complexity index is 846. The van der Waals surface area contributed by atoms with Crippen LogP contribution in [0.15, 0.2) is 53.4 Å². The van der Waals surface area contributed by atoms with Crippen LogP contribution in [0.25, 0.3) is 0 Å². The van der Waals surface area contributed by atoms with Crippen LogP contribution in [0.5, 0.6) is 5.75 Å². The summed E-state index contributed by atoms with van der Waals surface area (Å²) in [4.78, 5) is 12.3. The quantitative estimate of drug-likeness (QED) is 0.806. The highest BCUT2D eigenvalue weighted by Crippen LogP contribution is 2.24. The standard InChI is InChI=1S/C19H24N2O4S/c1-5-14(2)20-19(22)15-6-8-16(9-7-15)21(3)26(23,24)18-12-10-17(25-4)11-13-18/h6-14H,5H2,1-4H3,(H,20,22)/t14-/m0/s1. The second-order valence-electron chi connectivity index (χ2n) is 5.98. The first-order chi connectivity index (χ1) is 12.3. The molecule has 1 amide bonds. The lowest BCUT2D eigenvalue weighted by Crippen LogP contribution is -2.32.